The van der Waals surface area contributed by atoms with Crippen molar-refractivity contribution in [2.24, 2.45) is 0 Å². The standard InChI is InChI=1S/C31H38ClN3O4S/c1-5-6-19-33-31(37)24(4)34(21-25-11-10-12-27(32)20-25)30(36)22-35(28-17-15-26(16-18-28)23(2)3)40(38,39)29-13-8-7-9-14-29/h7-18,20,23-24H,5-6,19,21-22H2,1-4H3,(H,33,37)/t24-/m0/s1. The van der Waals surface area contributed by atoms with Crippen LogP contribution in [0, 0.1) is 0 Å². The van der Waals surface area contributed by atoms with E-state index in [0.29, 0.717) is 17.3 Å². The molecular formula is C31H38ClN3O4S. The summed E-state index contributed by atoms with van der Waals surface area (Å²) >= 11 is 6.19. The molecule has 0 aliphatic rings. The zero-order chi connectivity index (χ0) is 29.3. The zero-order valence-electron chi connectivity index (χ0n) is 23.5. The Labute approximate surface area is 243 Å². The lowest BCUT2D eigenvalue weighted by atomic mass is 10.0. The van der Waals surface area contributed by atoms with Crippen molar-refractivity contribution in [2.75, 3.05) is 17.4 Å². The number of anilines is 1. The van der Waals surface area contributed by atoms with Crippen LogP contribution in [0.2, 0.25) is 5.02 Å². The molecule has 0 fully saturated rings. The molecule has 2 amide bonds. The number of hydrogen-bond acceptors (Lipinski definition) is 4. The molecule has 0 aliphatic heterocycles. The second kappa shape index (κ2) is 14.3. The van der Waals surface area contributed by atoms with Crippen molar-refractivity contribution >= 4 is 39.1 Å². The fourth-order valence-corrected chi connectivity index (χ4v) is 5.87. The lowest BCUT2D eigenvalue weighted by molar-refractivity contribution is -0.139. The van der Waals surface area contributed by atoms with E-state index in [1.807, 2.05) is 25.1 Å². The quantitative estimate of drug-likeness (QED) is 0.250. The van der Waals surface area contributed by atoms with Crippen LogP contribution in [0.25, 0.3) is 0 Å². The maximum Gasteiger partial charge on any atom is 0.264 e. The molecule has 9 heteroatoms. The molecule has 7 nitrogen and oxygen atoms in total. The number of amides is 2. The monoisotopic (exact) mass is 583 g/mol. The van der Waals surface area contributed by atoms with E-state index >= 15 is 0 Å². The molecule has 0 saturated carbocycles. The van der Waals surface area contributed by atoms with Crippen molar-refractivity contribution in [3.8, 4) is 0 Å². The molecule has 1 N–H and O–H groups in total. The summed E-state index contributed by atoms with van der Waals surface area (Å²) in [5.41, 5.74) is 2.14. The number of nitrogens with one attached hydrogen (secondary N) is 1. The highest BCUT2D eigenvalue weighted by molar-refractivity contribution is 7.92. The molecule has 3 rings (SSSR count). The van der Waals surface area contributed by atoms with Crippen LogP contribution in [0.4, 0.5) is 5.69 Å². The van der Waals surface area contributed by atoms with Crippen LogP contribution in [-0.4, -0.2) is 44.3 Å². The number of rotatable bonds is 13. The highest BCUT2D eigenvalue weighted by Gasteiger charge is 2.32. The van der Waals surface area contributed by atoms with E-state index in [1.165, 1.54) is 17.0 Å². The molecular weight excluding hydrogens is 546 g/mol. The first kappa shape index (κ1) is 31.2. The summed E-state index contributed by atoms with van der Waals surface area (Å²) in [6.07, 6.45) is 1.73. The molecule has 0 heterocycles. The van der Waals surface area contributed by atoms with E-state index in [-0.39, 0.29) is 23.3 Å². The van der Waals surface area contributed by atoms with Crippen LogP contribution in [0.3, 0.4) is 0 Å². The second-order valence-electron chi connectivity index (χ2n) is 10.0. The lowest BCUT2D eigenvalue weighted by Gasteiger charge is -2.32. The first-order chi connectivity index (χ1) is 19.0. The molecule has 0 saturated heterocycles. The number of carbonyl (C=O) groups is 2. The predicted molar refractivity (Wildman–Crippen MR) is 161 cm³/mol. The molecule has 40 heavy (non-hydrogen) atoms. The van der Waals surface area contributed by atoms with Gasteiger partial charge in [-0.3, -0.25) is 13.9 Å². The average Bonchev–Trinajstić information content (AvgIpc) is 2.94. The summed E-state index contributed by atoms with van der Waals surface area (Å²) < 4.78 is 28.8. The Morgan fingerprint density at radius 3 is 2.20 bits per heavy atom. The minimum absolute atomic E-state index is 0.0717. The van der Waals surface area contributed by atoms with Crippen molar-refractivity contribution in [3.05, 3.63) is 95.0 Å². The molecule has 0 spiro atoms. The molecule has 0 radical (unpaired) electrons. The Balaban J connectivity index is 2.00. The summed E-state index contributed by atoms with van der Waals surface area (Å²) in [4.78, 5) is 28.5. The molecule has 1 atom stereocenters. The van der Waals surface area contributed by atoms with E-state index < -0.39 is 28.5 Å². The van der Waals surface area contributed by atoms with Gasteiger partial charge in [0.05, 0.1) is 10.6 Å². The number of sulfonamides is 1. The summed E-state index contributed by atoms with van der Waals surface area (Å²) in [6, 6.07) is 21.4. The number of hydrogen-bond donors (Lipinski definition) is 1. The van der Waals surface area contributed by atoms with Crippen LogP contribution < -0.4 is 9.62 Å². The third-order valence-electron chi connectivity index (χ3n) is 6.70. The van der Waals surface area contributed by atoms with Gasteiger partial charge in [-0.25, -0.2) is 8.42 Å². The van der Waals surface area contributed by atoms with Crippen molar-refractivity contribution < 1.29 is 18.0 Å². The SMILES string of the molecule is CCCCNC(=O)[C@H](C)N(Cc1cccc(Cl)c1)C(=O)CN(c1ccc(C(C)C)cc1)S(=O)(=O)c1ccccc1. The zero-order valence-corrected chi connectivity index (χ0v) is 25.1. The third-order valence-corrected chi connectivity index (χ3v) is 8.72. The first-order valence-electron chi connectivity index (χ1n) is 13.5. The van der Waals surface area contributed by atoms with Crippen LogP contribution in [0.5, 0.6) is 0 Å². The number of halogens is 1. The highest BCUT2D eigenvalue weighted by atomic mass is 35.5. The average molecular weight is 584 g/mol. The van der Waals surface area contributed by atoms with E-state index in [4.69, 9.17) is 11.6 Å². The third kappa shape index (κ3) is 8.08. The van der Waals surface area contributed by atoms with Gasteiger partial charge in [0.2, 0.25) is 11.8 Å². The van der Waals surface area contributed by atoms with E-state index in [0.717, 1.165) is 28.3 Å². The fourth-order valence-electron chi connectivity index (χ4n) is 4.22. The maximum atomic E-state index is 14.0. The van der Waals surface area contributed by atoms with Crippen LogP contribution in [0.1, 0.15) is 57.6 Å². The van der Waals surface area contributed by atoms with Gasteiger partial charge in [-0.2, -0.15) is 0 Å². The summed E-state index contributed by atoms with van der Waals surface area (Å²) in [7, 11) is -4.09. The molecule has 214 valence electrons. The summed E-state index contributed by atoms with van der Waals surface area (Å²) in [6.45, 7) is 7.89. The topological polar surface area (TPSA) is 86.8 Å². The Hall–Kier alpha value is -3.36. The number of unbranched alkanes of at least 4 members (excludes halogenated alkanes) is 1. The lowest BCUT2D eigenvalue weighted by Crippen LogP contribution is -2.51. The van der Waals surface area contributed by atoms with Gasteiger partial charge in [0.25, 0.3) is 10.0 Å². The fraction of sp³-hybridized carbons (Fsp3) is 0.355. The summed E-state index contributed by atoms with van der Waals surface area (Å²) in [5.74, 6) is -0.553. The largest absolute Gasteiger partial charge is 0.354 e. The normalized spacial score (nSPS) is 12.2. The van der Waals surface area contributed by atoms with Crippen LogP contribution >= 0.6 is 11.6 Å². The van der Waals surface area contributed by atoms with Crippen molar-refractivity contribution in [1.82, 2.24) is 10.2 Å². The van der Waals surface area contributed by atoms with E-state index in [1.54, 1.807) is 55.5 Å². The highest BCUT2D eigenvalue weighted by Crippen LogP contribution is 2.26. The van der Waals surface area contributed by atoms with Gasteiger partial charge in [0.15, 0.2) is 0 Å². The molecule has 0 aliphatic carbocycles. The smallest absolute Gasteiger partial charge is 0.264 e. The minimum Gasteiger partial charge on any atom is -0.354 e. The van der Waals surface area contributed by atoms with Gasteiger partial charge < -0.3 is 10.2 Å². The number of carbonyl (C=O) groups excluding carboxylic acids is 2. The Morgan fingerprint density at radius 2 is 1.60 bits per heavy atom. The number of benzene rings is 3. The first-order valence-corrected chi connectivity index (χ1v) is 15.4. The molecule has 0 aromatic heterocycles. The van der Waals surface area contributed by atoms with E-state index in [9.17, 15) is 18.0 Å². The predicted octanol–water partition coefficient (Wildman–Crippen LogP) is 5.99. The Bertz CT molecular complexity index is 1380. The van der Waals surface area contributed by atoms with Gasteiger partial charge in [0, 0.05) is 18.1 Å². The van der Waals surface area contributed by atoms with E-state index in [2.05, 4.69) is 19.2 Å². The van der Waals surface area contributed by atoms with Crippen LogP contribution in [-0.2, 0) is 26.2 Å². The molecule has 3 aromatic carbocycles. The molecule has 0 bridgehead atoms. The maximum absolute atomic E-state index is 14.0. The van der Waals surface area contributed by atoms with Gasteiger partial charge in [-0.1, -0.05) is 81.3 Å². The van der Waals surface area contributed by atoms with Crippen molar-refractivity contribution in [3.63, 3.8) is 0 Å². The minimum atomic E-state index is -4.09. The Morgan fingerprint density at radius 1 is 0.925 bits per heavy atom. The van der Waals surface area contributed by atoms with Gasteiger partial charge in [0.1, 0.15) is 12.6 Å². The van der Waals surface area contributed by atoms with Crippen molar-refractivity contribution in [2.45, 2.75) is 63.9 Å². The molecule has 0 unspecified atom stereocenters. The van der Waals surface area contributed by atoms with Gasteiger partial charge in [-0.15, -0.1) is 0 Å². The van der Waals surface area contributed by atoms with Gasteiger partial charge in [-0.05, 0) is 66.8 Å². The molecule has 3 aromatic rings. The van der Waals surface area contributed by atoms with Crippen LogP contribution in [0.15, 0.2) is 83.8 Å². The van der Waals surface area contributed by atoms with Crippen molar-refractivity contribution in [1.29, 1.82) is 0 Å². The van der Waals surface area contributed by atoms with Gasteiger partial charge >= 0.3 is 0 Å². The second-order valence-corrected chi connectivity index (χ2v) is 12.3. The number of nitrogens with zero attached hydrogens (tertiary/aromatic N) is 2. The Kier molecular flexibility index (Phi) is 11.2. The summed E-state index contributed by atoms with van der Waals surface area (Å²) in [5, 5.41) is 3.39.